The maximum Gasteiger partial charge on any atom is 0.322 e. The van der Waals surface area contributed by atoms with Gasteiger partial charge in [0, 0.05) is 82.1 Å². The van der Waals surface area contributed by atoms with E-state index in [2.05, 4.69) is 21.0 Å². The second kappa shape index (κ2) is 14.0. The molecule has 10 nitrogen and oxygen atoms in total. The number of nitrogen functional groups attached to an aromatic ring is 1. The lowest BCUT2D eigenvalue weighted by atomic mass is 9.83. The molecule has 0 aromatic heterocycles. The van der Waals surface area contributed by atoms with Crippen LogP contribution in [-0.4, -0.2) is 113 Å². The number of amides is 4. The van der Waals surface area contributed by atoms with Gasteiger partial charge in [0.1, 0.15) is 0 Å². The lowest BCUT2D eigenvalue weighted by Crippen LogP contribution is -2.61. The molecule has 5 saturated heterocycles. The van der Waals surface area contributed by atoms with E-state index in [1.807, 2.05) is 45.0 Å². The maximum atomic E-state index is 14.2. The van der Waals surface area contributed by atoms with Crippen LogP contribution in [0.2, 0.25) is 5.02 Å². The standard InChI is InChI=1S/C37H46ClN7O3/c1-2-26-19-25(21-31(38)35(26)39)20-29(36(47)44-17-15-42(16-18-44)33-24-41-11-7-27(33)8-12-41)22-34(46)43-13-9-30(10-14-43)45-23-28-5-3-4-6-32(28)40-37(45)48/h1,3-6,19,21,27,29-30,33H,7-18,20,22-24,39H2,(H,40,48)/t29-,33?/m0/s1. The minimum absolute atomic E-state index is 0.00524. The van der Waals surface area contributed by atoms with Crippen molar-refractivity contribution in [1.82, 2.24) is 24.5 Å². The molecule has 6 aliphatic heterocycles. The van der Waals surface area contributed by atoms with Crippen molar-refractivity contribution in [2.75, 3.05) is 70.0 Å². The third-order valence-corrected chi connectivity index (χ3v) is 11.7. The van der Waals surface area contributed by atoms with Crippen molar-refractivity contribution in [2.24, 2.45) is 11.8 Å². The number of nitrogens with one attached hydrogen (secondary N) is 1. The monoisotopic (exact) mass is 671 g/mol. The topological polar surface area (TPSA) is 105 Å². The van der Waals surface area contributed by atoms with Crippen LogP contribution >= 0.6 is 11.6 Å². The molecule has 0 radical (unpaired) electrons. The first-order chi connectivity index (χ1) is 23.3. The molecule has 4 amide bonds. The van der Waals surface area contributed by atoms with Crippen LogP contribution in [0.3, 0.4) is 0 Å². The number of rotatable bonds is 7. The van der Waals surface area contributed by atoms with Crippen LogP contribution in [-0.2, 0) is 22.6 Å². The number of hydrogen-bond donors (Lipinski definition) is 2. The number of nitrogens with two attached hydrogens (primary N) is 1. The average molecular weight is 672 g/mol. The van der Waals surface area contributed by atoms with Crippen LogP contribution in [0.1, 0.15) is 48.8 Å². The van der Waals surface area contributed by atoms with Crippen LogP contribution in [0.15, 0.2) is 36.4 Å². The fourth-order valence-corrected chi connectivity index (χ4v) is 8.85. The molecule has 2 aromatic rings. The fourth-order valence-electron chi connectivity index (χ4n) is 8.61. The molecule has 11 heteroatoms. The first-order valence-corrected chi connectivity index (χ1v) is 17.9. The van der Waals surface area contributed by atoms with Crippen molar-refractivity contribution in [1.29, 1.82) is 0 Å². The predicted octanol–water partition coefficient (Wildman–Crippen LogP) is 3.73. The zero-order valence-corrected chi connectivity index (χ0v) is 28.3. The summed E-state index contributed by atoms with van der Waals surface area (Å²) in [5, 5.41) is 3.36. The molecule has 2 aromatic carbocycles. The third kappa shape index (κ3) is 6.73. The summed E-state index contributed by atoms with van der Waals surface area (Å²) in [6, 6.07) is 12.0. The van der Waals surface area contributed by atoms with Crippen molar-refractivity contribution in [3.8, 4) is 12.3 Å². The zero-order chi connectivity index (χ0) is 33.4. The van der Waals surface area contributed by atoms with Gasteiger partial charge in [-0.2, -0.15) is 0 Å². The first kappa shape index (κ1) is 32.8. The summed E-state index contributed by atoms with van der Waals surface area (Å²) in [6.45, 7) is 8.26. The van der Waals surface area contributed by atoms with E-state index in [0.717, 1.165) is 42.4 Å². The number of carbonyl (C=O) groups is 3. The molecule has 3 N–H and O–H groups in total. The Morgan fingerprint density at radius 3 is 2.40 bits per heavy atom. The summed E-state index contributed by atoms with van der Waals surface area (Å²) in [5.41, 5.74) is 9.69. The zero-order valence-electron chi connectivity index (χ0n) is 27.6. The Labute approximate surface area is 288 Å². The number of piperazine rings is 1. The number of hydrogen-bond acceptors (Lipinski definition) is 6. The SMILES string of the molecule is C#Cc1cc(C[C@@H](CC(=O)N2CCC(N3Cc4ccccc4NC3=O)CC2)C(=O)N2CCN(C3CN4CCC3CC4)CC2)cc(Cl)c1N. The molecule has 2 atom stereocenters. The molecule has 2 bridgehead atoms. The molecule has 5 fully saturated rings. The number of urea groups is 1. The molecule has 0 spiro atoms. The summed E-state index contributed by atoms with van der Waals surface area (Å²) in [4.78, 5) is 51.8. The second-order valence-electron chi connectivity index (χ2n) is 14.2. The molecular weight excluding hydrogens is 626 g/mol. The van der Waals surface area contributed by atoms with Gasteiger partial charge in [0.2, 0.25) is 11.8 Å². The normalized spacial score (nSPS) is 25.3. The quantitative estimate of drug-likeness (QED) is 0.344. The van der Waals surface area contributed by atoms with Gasteiger partial charge in [-0.05, 0) is 80.4 Å². The molecule has 6 heterocycles. The number of benzene rings is 2. The number of carbonyl (C=O) groups excluding carboxylic acids is 3. The van der Waals surface area contributed by atoms with Crippen LogP contribution in [0.4, 0.5) is 16.2 Å². The average Bonchev–Trinajstić information content (AvgIpc) is 3.12. The highest BCUT2D eigenvalue weighted by Gasteiger charge is 2.40. The lowest BCUT2D eigenvalue weighted by Gasteiger charge is -2.51. The number of anilines is 2. The Hall–Kier alpha value is -3.78. The van der Waals surface area contributed by atoms with Gasteiger partial charge in [0.25, 0.3) is 0 Å². The van der Waals surface area contributed by atoms with Crippen molar-refractivity contribution >= 4 is 40.8 Å². The number of para-hydroxylation sites is 1. The van der Waals surface area contributed by atoms with Gasteiger partial charge in [-0.3, -0.25) is 14.5 Å². The number of halogens is 1. The summed E-state index contributed by atoms with van der Waals surface area (Å²) >= 11 is 6.44. The smallest absolute Gasteiger partial charge is 0.322 e. The summed E-state index contributed by atoms with van der Waals surface area (Å²) < 4.78 is 0. The number of fused-ring (bicyclic) bond motifs is 4. The van der Waals surface area contributed by atoms with Gasteiger partial charge in [-0.15, -0.1) is 6.42 Å². The van der Waals surface area contributed by atoms with Gasteiger partial charge >= 0.3 is 6.03 Å². The number of nitrogens with zero attached hydrogens (tertiary/aromatic N) is 5. The maximum absolute atomic E-state index is 14.2. The van der Waals surface area contributed by atoms with E-state index < -0.39 is 5.92 Å². The molecule has 254 valence electrons. The summed E-state index contributed by atoms with van der Waals surface area (Å²) in [7, 11) is 0. The Bertz CT molecular complexity index is 1590. The van der Waals surface area contributed by atoms with Gasteiger partial charge in [0.15, 0.2) is 0 Å². The Kier molecular flexibility index (Phi) is 9.54. The number of likely N-dealkylation sites (tertiary alicyclic amines) is 1. The molecule has 0 saturated carbocycles. The minimum atomic E-state index is -0.548. The third-order valence-electron chi connectivity index (χ3n) is 11.4. The Morgan fingerprint density at radius 2 is 1.71 bits per heavy atom. The Balaban J connectivity index is 1.01. The van der Waals surface area contributed by atoms with Crippen molar-refractivity contribution in [2.45, 2.75) is 57.2 Å². The van der Waals surface area contributed by atoms with Crippen molar-refractivity contribution in [3.05, 3.63) is 58.1 Å². The highest BCUT2D eigenvalue weighted by atomic mass is 35.5. The minimum Gasteiger partial charge on any atom is -0.397 e. The van der Waals surface area contributed by atoms with Gasteiger partial charge in [-0.1, -0.05) is 35.7 Å². The van der Waals surface area contributed by atoms with Crippen LogP contribution in [0.25, 0.3) is 0 Å². The number of piperidine rings is 4. The highest BCUT2D eigenvalue weighted by Crippen LogP contribution is 2.33. The van der Waals surface area contributed by atoms with Crippen LogP contribution in [0.5, 0.6) is 0 Å². The fraction of sp³-hybridized carbons (Fsp3) is 0.541. The molecule has 0 aliphatic carbocycles. The molecule has 48 heavy (non-hydrogen) atoms. The van der Waals surface area contributed by atoms with Crippen molar-refractivity contribution < 1.29 is 14.4 Å². The van der Waals surface area contributed by atoms with E-state index in [0.29, 0.717) is 74.3 Å². The molecule has 6 aliphatic rings. The number of terminal acetylenes is 1. The van der Waals surface area contributed by atoms with Crippen LogP contribution < -0.4 is 11.1 Å². The first-order valence-electron chi connectivity index (χ1n) is 17.5. The summed E-state index contributed by atoms with van der Waals surface area (Å²) in [5.74, 6) is 2.78. The predicted molar refractivity (Wildman–Crippen MR) is 187 cm³/mol. The largest absolute Gasteiger partial charge is 0.397 e. The van der Waals surface area contributed by atoms with E-state index >= 15 is 0 Å². The van der Waals surface area contributed by atoms with E-state index in [-0.39, 0.29) is 30.3 Å². The van der Waals surface area contributed by atoms with Gasteiger partial charge in [0.05, 0.1) is 16.6 Å². The Morgan fingerprint density at radius 1 is 0.979 bits per heavy atom. The van der Waals surface area contributed by atoms with Crippen molar-refractivity contribution in [3.63, 3.8) is 0 Å². The molecule has 1 unspecified atom stereocenters. The van der Waals surface area contributed by atoms with Crippen LogP contribution in [0, 0.1) is 24.2 Å². The van der Waals surface area contributed by atoms with E-state index in [4.69, 9.17) is 23.8 Å². The lowest BCUT2D eigenvalue weighted by molar-refractivity contribution is -0.143. The second-order valence-corrected chi connectivity index (χ2v) is 14.6. The van der Waals surface area contributed by atoms with E-state index in [1.54, 1.807) is 6.07 Å². The molecular formula is C37H46ClN7O3. The molecule has 8 rings (SSSR count). The van der Waals surface area contributed by atoms with E-state index in [1.165, 1.54) is 25.9 Å². The van der Waals surface area contributed by atoms with Gasteiger partial charge in [-0.25, -0.2) is 4.79 Å². The van der Waals surface area contributed by atoms with Gasteiger partial charge < -0.3 is 30.7 Å². The summed E-state index contributed by atoms with van der Waals surface area (Å²) in [6.07, 6.45) is 10.1. The highest BCUT2D eigenvalue weighted by molar-refractivity contribution is 6.33. The van der Waals surface area contributed by atoms with E-state index in [9.17, 15) is 14.4 Å².